The van der Waals surface area contributed by atoms with Crippen LogP contribution in [-0.4, -0.2) is 54.8 Å². The Kier molecular flexibility index (Phi) is 4.45. The van der Waals surface area contributed by atoms with Gasteiger partial charge < -0.3 is 15.5 Å². The number of piperazine rings is 1. The minimum absolute atomic E-state index is 0.0281. The van der Waals surface area contributed by atoms with Crippen molar-refractivity contribution in [3.8, 4) is 0 Å². The van der Waals surface area contributed by atoms with E-state index in [0.717, 1.165) is 25.7 Å². The zero-order valence-electron chi connectivity index (χ0n) is 11.9. The Labute approximate surface area is 115 Å². The number of hydrogen-bond donors (Lipinski definition) is 1. The van der Waals surface area contributed by atoms with Gasteiger partial charge in [-0.15, -0.1) is 0 Å². The maximum Gasteiger partial charge on any atom is 0.241 e. The van der Waals surface area contributed by atoms with Crippen molar-refractivity contribution < 1.29 is 9.59 Å². The van der Waals surface area contributed by atoms with Crippen molar-refractivity contribution in [1.82, 2.24) is 9.80 Å². The van der Waals surface area contributed by atoms with Crippen LogP contribution in [0.1, 0.15) is 38.5 Å². The summed E-state index contributed by atoms with van der Waals surface area (Å²) in [5.74, 6) is 0.138. The largest absolute Gasteiger partial charge is 0.342 e. The Morgan fingerprint density at radius 1 is 1.21 bits per heavy atom. The van der Waals surface area contributed by atoms with Gasteiger partial charge in [0.1, 0.15) is 0 Å². The van der Waals surface area contributed by atoms with Crippen molar-refractivity contribution in [2.24, 2.45) is 11.1 Å². The van der Waals surface area contributed by atoms with Crippen LogP contribution in [0.15, 0.2) is 0 Å². The molecule has 5 heteroatoms. The summed E-state index contributed by atoms with van der Waals surface area (Å²) in [6.45, 7) is 1.90. The van der Waals surface area contributed by atoms with Gasteiger partial charge in [-0.3, -0.25) is 9.59 Å². The molecule has 2 aliphatic rings. The normalized spacial score (nSPS) is 24.2. The first-order valence-electron chi connectivity index (χ1n) is 7.32. The average molecular weight is 267 g/mol. The number of carbonyl (C=O) groups excluding carboxylic acids is 2. The first kappa shape index (κ1) is 14.3. The monoisotopic (exact) mass is 267 g/mol. The maximum absolute atomic E-state index is 12.8. The molecule has 0 aromatic rings. The minimum Gasteiger partial charge on any atom is -0.342 e. The van der Waals surface area contributed by atoms with Gasteiger partial charge >= 0.3 is 0 Å². The number of amides is 2. The molecule has 108 valence electrons. The molecule has 2 rings (SSSR count). The zero-order valence-corrected chi connectivity index (χ0v) is 11.9. The van der Waals surface area contributed by atoms with Crippen molar-refractivity contribution in [2.45, 2.75) is 38.5 Å². The highest BCUT2D eigenvalue weighted by Crippen LogP contribution is 2.36. The Morgan fingerprint density at radius 3 is 2.37 bits per heavy atom. The SMILES string of the molecule is CN1CCN(C(=O)C2(CN)CCCCCC2)CC1=O. The standard InChI is InChI=1S/C14H25N3O2/c1-16-8-9-17(10-12(16)18)13(19)14(11-15)6-4-2-3-5-7-14/h2-11,15H2,1H3. The fraction of sp³-hybridized carbons (Fsp3) is 0.857. The van der Waals surface area contributed by atoms with E-state index >= 15 is 0 Å². The van der Waals surface area contributed by atoms with Gasteiger partial charge in [0.15, 0.2) is 0 Å². The quantitative estimate of drug-likeness (QED) is 0.745. The molecule has 1 aliphatic heterocycles. The van der Waals surface area contributed by atoms with E-state index in [1.54, 1.807) is 16.8 Å². The molecule has 2 amide bonds. The summed E-state index contributed by atoms with van der Waals surface area (Å²) in [5, 5.41) is 0. The molecule has 0 bridgehead atoms. The first-order valence-corrected chi connectivity index (χ1v) is 7.32. The van der Waals surface area contributed by atoms with Gasteiger partial charge in [-0.1, -0.05) is 25.7 Å². The second-order valence-electron chi connectivity index (χ2n) is 5.94. The highest BCUT2D eigenvalue weighted by atomic mass is 16.2. The predicted octanol–water partition coefficient (Wildman–Crippen LogP) is 0.586. The molecule has 1 saturated heterocycles. The summed E-state index contributed by atoms with van der Waals surface area (Å²) in [6.07, 6.45) is 6.29. The molecule has 1 saturated carbocycles. The van der Waals surface area contributed by atoms with Crippen LogP contribution >= 0.6 is 0 Å². The van der Waals surface area contributed by atoms with Crippen molar-refractivity contribution in [3.63, 3.8) is 0 Å². The van der Waals surface area contributed by atoms with Crippen LogP contribution in [0, 0.1) is 5.41 Å². The summed E-state index contributed by atoms with van der Waals surface area (Å²) >= 11 is 0. The number of nitrogens with zero attached hydrogens (tertiary/aromatic N) is 2. The Hall–Kier alpha value is -1.10. The van der Waals surface area contributed by atoms with Gasteiger partial charge in [0, 0.05) is 26.7 Å². The number of likely N-dealkylation sites (N-methyl/N-ethyl adjacent to an activating group) is 1. The lowest BCUT2D eigenvalue weighted by Gasteiger charge is -2.39. The van der Waals surface area contributed by atoms with E-state index in [2.05, 4.69) is 0 Å². The van der Waals surface area contributed by atoms with Crippen LogP contribution in [0.4, 0.5) is 0 Å². The fourth-order valence-corrected chi connectivity index (χ4v) is 3.18. The molecule has 0 aromatic heterocycles. The number of carbonyl (C=O) groups is 2. The zero-order chi connectivity index (χ0) is 13.9. The topological polar surface area (TPSA) is 66.6 Å². The average Bonchev–Trinajstić information content (AvgIpc) is 2.67. The summed E-state index contributed by atoms with van der Waals surface area (Å²) in [7, 11) is 1.79. The first-order chi connectivity index (χ1) is 9.09. The summed E-state index contributed by atoms with van der Waals surface area (Å²) < 4.78 is 0. The third kappa shape index (κ3) is 2.91. The lowest BCUT2D eigenvalue weighted by Crippen LogP contribution is -2.56. The minimum atomic E-state index is -0.410. The van der Waals surface area contributed by atoms with Crippen LogP contribution in [0.25, 0.3) is 0 Å². The van der Waals surface area contributed by atoms with Gasteiger partial charge in [-0.25, -0.2) is 0 Å². The Bertz CT molecular complexity index is 349. The molecule has 0 unspecified atom stereocenters. The molecular weight excluding hydrogens is 242 g/mol. The highest BCUT2D eigenvalue weighted by Gasteiger charge is 2.41. The molecule has 1 heterocycles. The van der Waals surface area contributed by atoms with Crippen molar-refractivity contribution in [2.75, 3.05) is 33.2 Å². The smallest absolute Gasteiger partial charge is 0.241 e. The van der Waals surface area contributed by atoms with E-state index in [0.29, 0.717) is 19.6 Å². The maximum atomic E-state index is 12.8. The van der Waals surface area contributed by atoms with Crippen LogP contribution in [0.2, 0.25) is 0 Å². The van der Waals surface area contributed by atoms with E-state index in [9.17, 15) is 9.59 Å². The lowest BCUT2D eigenvalue weighted by atomic mass is 9.79. The molecule has 1 aliphatic carbocycles. The fourth-order valence-electron chi connectivity index (χ4n) is 3.18. The molecule has 19 heavy (non-hydrogen) atoms. The summed E-state index contributed by atoms with van der Waals surface area (Å²) in [5.41, 5.74) is 5.52. The molecule has 2 fully saturated rings. The van der Waals surface area contributed by atoms with E-state index in [1.807, 2.05) is 0 Å². The predicted molar refractivity (Wildman–Crippen MR) is 73.4 cm³/mol. The second kappa shape index (κ2) is 5.90. The van der Waals surface area contributed by atoms with Gasteiger partial charge in [0.25, 0.3) is 0 Å². The molecule has 0 spiro atoms. The molecule has 5 nitrogen and oxygen atoms in total. The van der Waals surface area contributed by atoms with E-state index < -0.39 is 5.41 Å². The molecular formula is C14H25N3O2. The highest BCUT2D eigenvalue weighted by molar-refractivity contribution is 5.89. The van der Waals surface area contributed by atoms with Gasteiger partial charge in [-0.05, 0) is 12.8 Å². The van der Waals surface area contributed by atoms with E-state index in [1.165, 1.54) is 12.8 Å². The molecule has 0 radical (unpaired) electrons. The van der Waals surface area contributed by atoms with Crippen LogP contribution in [0.3, 0.4) is 0 Å². The van der Waals surface area contributed by atoms with Crippen molar-refractivity contribution in [1.29, 1.82) is 0 Å². The number of rotatable bonds is 2. The van der Waals surface area contributed by atoms with Gasteiger partial charge in [0.2, 0.25) is 11.8 Å². The molecule has 0 aromatic carbocycles. The van der Waals surface area contributed by atoms with Gasteiger partial charge in [0.05, 0.1) is 12.0 Å². The van der Waals surface area contributed by atoms with Crippen molar-refractivity contribution in [3.05, 3.63) is 0 Å². The van der Waals surface area contributed by atoms with Crippen LogP contribution < -0.4 is 5.73 Å². The molecule has 2 N–H and O–H groups in total. The third-order valence-corrected chi connectivity index (χ3v) is 4.65. The van der Waals surface area contributed by atoms with Gasteiger partial charge in [-0.2, -0.15) is 0 Å². The van der Waals surface area contributed by atoms with Crippen LogP contribution in [-0.2, 0) is 9.59 Å². The van der Waals surface area contributed by atoms with E-state index in [-0.39, 0.29) is 18.4 Å². The second-order valence-corrected chi connectivity index (χ2v) is 5.94. The Morgan fingerprint density at radius 2 is 1.84 bits per heavy atom. The lowest BCUT2D eigenvalue weighted by molar-refractivity contribution is -0.151. The number of nitrogens with two attached hydrogens (primary N) is 1. The third-order valence-electron chi connectivity index (χ3n) is 4.65. The summed E-state index contributed by atoms with van der Waals surface area (Å²) in [4.78, 5) is 27.9. The Balaban J connectivity index is 2.09. The molecule has 0 atom stereocenters. The number of hydrogen-bond acceptors (Lipinski definition) is 3. The van der Waals surface area contributed by atoms with E-state index in [4.69, 9.17) is 5.73 Å². The van der Waals surface area contributed by atoms with Crippen molar-refractivity contribution >= 4 is 11.8 Å². The summed E-state index contributed by atoms with van der Waals surface area (Å²) in [6, 6.07) is 0. The van der Waals surface area contributed by atoms with Crippen LogP contribution in [0.5, 0.6) is 0 Å².